The van der Waals surface area contributed by atoms with Gasteiger partial charge in [0.15, 0.2) is 0 Å². The minimum absolute atomic E-state index is 0.599. The summed E-state index contributed by atoms with van der Waals surface area (Å²) in [6.07, 6.45) is 3.32. The molecule has 0 saturated carbocycles. The minimum Gasteiger partial charge on any atom is -0.364 e. The number of hydrogen-bond donors (Lipinski definition) is 0. The quantitative estimate of drug-likeness (QED) is 0.759. The molecule has 0 aromatic heterocycles. The third-order valence-corrected chi connectivity index (χ3v) is 4.15. The Morgan fingerprint density at radius 1 is 0.889 bits per heavy atom. The van der Waals surface area contributed by atoms with Crippen molar-refractivity contribution in [1.82, 2.24) is 0 Å². The minimum atomic E-state index is 0.599. The van der Waals surface area contributed by atoms with Gasteiger partial charge in [0.25, 0.3) is 0 Å². The second-order valence-electron chi connectivity index (χ2n) is 4.82. The molecule has 2 aromatic rings. The first-order chi connectivity index (χ1) is 8.88. The Bertz CT molecular complexity index is 499. The first-order valence-electron chi connectivity index (χ1n) is 6.47. The van der Waals surface area contributed by atoms with E-state index in [1.807, 2.05) is 0 Å². The van der Waals surface area contributed by atoms with Crippen LogP contribution in [0.5, 0.6) is 0 Å². The smallest absolute Gasteiger partial charge is 0.0374 e. The summed E-state index contributed by atoms with van der Waals surface area (Å²) in [4.78, 5) is 2.49. The summed E-state index contributed by atoms with van der Waals surface area (Å²) in [7, 11) is 2.86. The Labute approximate surface area is 111 Å². The predicted octanol–water partition coefficient (Wildman–Crippen LogP) is 3.49. The van der Waals surface area contributed by atoms with E-state index in [2.05, 4.69) is 68.7 Å². The van der Waals surface area contributed by atoms with E-state index in [9.17, 15) is 0 Å². The standard InChI is InChI=1S/C16H18NP/c18-12-17(15-8-2-1-3-9-15)16-10-13-6-4-5-7-14(13)11-16/h1-9,16H,10-12,18H2. The highest BCUT2D eigenvalue weighted by Gasteiger charge is 2.25. The maximum Gasteiger partial charge on any atom is 0.0374 e. The van der Waals surface area contributed by atoms with Gasteiger partial charge in [0.05, 0.1) is 0 Å². The van der Waals surface area contributed by atoms with Crippen molar-refractivity contribution in [3.8, 4) is 0 Å². The lowest BCUT2D eigenvalue weighted by Crippen LogP contribution is -2.34. The molecule has 3 rings (SSSR count). The number of rotatable bonds is 3. The maximum atomic E-state index is 2.86. The normalized spacial score (nSPS) is 14.5. The summed E-state index contributed by atoms with van der Waals surface area (Å²) in [6.45, 7) is 0. The number of anilines is 1. The van der Waals surface area contributed by atoms with E-state index in [4.69, 9.17) is 0 Å². The fourth-order valence-electron chi connectivity index (χ4n) is 2.84. The third kappa shape index (κ3) is 2.15. The average Bonchev–Trinajstić information content (AvgIpc) is 2.84. The van der Waals surface area contributed by atoms with Gasteiger partial charge in [-0.1, -0.05) is 42.5 Å². The molecule has 18 heavy (non-hydrogen) atoms. The molecule has 92 valence electrons. The van der Waals surface area contributed by atoms with Crippen LogP contribution in [-0.4, -0.2) is 12.3 Å². The van der Waals surface area contributed by atoms with Crippen LogP contribution >= 0.6 is 9.24 Å². The number of benzene rings is 2. The monoisotopic (exact) mass is 255 g/mol. The first-order valence-corrected chi connectivity index (χ1v) is 7.28. The Morgan fingerprint density at radius 3 is 2.00 bits per heavy atom. The fourth-order valence-corrected chi connectivity index (χ4v) is 3.35. The molecule has 2 heteroatoms. The molecule has 0 radical (unpaired) electrons. The zero-order chi connectivity index (χ0) is 12.4. The van der Waals surface area contributed by atoms with Crippen molar-refractivity contribution in [1.29, 1.82) is 0 Å². The Kier molecular flexibility index (Phi) is 3.34. The summed E-state index contributed by atoms with van der Waals surface area (Å²) < 4.78 is 0. The topological polar surface area (TPSA) is 3.24 Å². The molecule has 0 bridgehead atoms. The summed E-state index contributed by atoms with van der Waals surface area (Å²) >= 11 is 0. The van der Waals surface area contributed by atoms with E-state index < -0.39 is 0 Å². The lowest BCUT2D eigenvalue weighted by molar-refractivity contribution is 0.658. The molecule has 0 fully saturated rings. The molecular formula is C16H18NP. The van der Waals surface area contributed by atoms with Crippen molar-refractivity contribution in [3.63, 3.8) is 0 Å². The van der Waals surface area contributed by atoms with Gasteiger partial charge >= 0.3 is 0 Å². The molecule has 1 atom stereocenters. The molecule has 1 unspecified atom stereocenters. The van der Waals surface area contributed by atoms with Gasteiger partial charge in [0, 0.05) is 18.0 Å². The molecule has 0 aliphatic heterocycles. The summed E-state index contributed by atoms with van der Waals surface area (Å²) in [5.41, 5.74) is 4.36. The maximum absolute atomic E-state index is 2.86. The molecule has 0 saturated heterocycles. The molecule has 1 aliphatic carbocycles. The van der Waals surface area contributed by atoms with Crippen LogP contribution in [0.4, 0.5) is 5.69 Å². The molecule has 2 aromatic carbocycles. The van der Waals surface area contributed by atoms with Gasteiger partial charge in [0.1, 0.15) is 0 Å². The Balaban J connectivity index is 1.84. The van der Waals surface area contributed by atoms with Crippen LogP contribution < -0.4 is 4.90 Å². The van der Waals surface area contributed by atoms with Crippen LogP contribution in [0.15, 0.2) is 54.6 Å². The van der Waals surface area contributed by atoms with E-state index in [1.54, 1.807) is 0 Å². The van der Waals surface area contributed by atoms with Gasteiger partial charge in [-0.05, 0) is 36.1 Å². The van der Waals surface area contributed by atoms with Crippen LogP contribution in [0, 0.1) is 0 Å². The molecule has 0 N–H and O–H groups in total. The lowest BCUT2D eigenvalue weighted by Gasteiger charge is -2.29. The molecule has 0 heterocycles. The number of nitrogens with zero attached hydrogens (tertiary/aromatic N) is 1. The van der Waals surface area contributed by atoms with Gasteiger partial charge in [0.2, 0.25) is 0 Å². The average molecular weight is 255 g/mol. The third-order valence-electron chi connectivity index (χ3n) is 3.75. The molecule has 0 spiro atoms. The lowest BCUT2D eigenvalue weighted by atomic mass is 10.1. The number of fused-ring (bicyclic) bond motifs is 1. The molecule has 1 nitrogen and oxygen atoms in total. The highest BCUT2D eigenvalue weighted by molar-refractivity contribution is 7.16. The number of hydrogen-bond acceptors (Lipinski definition) is 1. The van der Waals surface area contributed by atoms with E-state index in [-0.39, 0.29) is 0 Å². The van der Waals surface area contributed by atoms with E-state index in [0.29, 0.717) is 6.04 Å². The summed E-state index contributed by atoms with van der Waals surface area (Å²) in [5.74, 6) is 0. The van der Waals surface area contributed by atoms with Crippen molar-refractivity contribution in [2.75, 3.05) is 11.2 Å². The summed E-state index contributed by atoms with van der Waals surface area (Å²) in [6, 6.07) is 20.1. The molecular weight excluding hydrogens is 237 g/mol. The van der Waals surface area contributed by atoms with Crippen molar-refractivity contribution in [2.45, 2.75) is 18.9 Å². The predicted molar refractivity (Wildman–Crippen MR) is 81.1 cm³/mol. The van der Waals surface area contributed by atoms with Crippen LogP contribution in [0.2, 0.25) is 0 Å². The van der Waals surface area contributed by atoms with Crippen molar-refractivity contribution in [3.05, 3.63) is 65.7 Å². The van der Waals surface area contributed by atoms with Crippen molar-refractivity contribution in [2.24, 2.45) is 0 Å². The fraction of sp³-hybridized carbons (Fsp3) is 0.250. The number of para-hydroxylation sites is 1. The Morgan fingerprint density at radius 2 is 1.44 bits per heavy atom. The van der Waals surface area contributed by atoms with Crippen LogP contribution in [-0.2, 0) is 12.8 Å². The van der Waals surface area contributed by atoms with Gasteiger partial charge in [-0.3, -0.25) is 0 Å². The zero-order valence-electron chi connectivity index (χ0n) is 10.4. The van der Waals surface area contributed by atoms with Gasteiger partial charge in [-0.25, -0.2) is 0 Å². The highest BCUT2D eigenvalue weighted by atomic mass is 31.0. The van der Waals surface area contributed by atoms with E-state index in [1.165, 1.54) is 29.7 Å². The van der Waals surface area contributed by atoms with Gasteiger partial charge in [-0.15, -0.1) is 9.24 Å². The van der Waals surface area contributed by atoms with Crippen LogP contribution in [0.1, 0.15) is 11.1 Å². The van der Waals surface area contributed by atoms with Crippen LogP contribution in [0.3, 0.4) is 0 Å². The first kappa shape index (κ1) is 11.7. The Hall–Kier alpha value is -1.33. The van der Waals surface area contributed by atoms with Gasteiger partial charge < -0.3 is 4.90 Å². The second kappa shape index (κ2) is 5.12. The van der Waals surface area contributed by atoms with Crippen molar-refractivity contribution >= 4 is 14.9 Å². The van der Waals surface area contributed by atoms with Crippen LogP contribution in [0.25, 0.3) is 0 Å². The van der Waals surface area contributed by atoms with E-state index >= 15 is 0 Å². The van der Waals surface area contributed by atoms with Crippen molar-refractivity contribution < 1.29 is 0 Å². The SMILES string of the molecule is PCN(c1ccccc1)C1Cc2ccccc2C1. The zero-order valence-corrected chi connectivity index (χ0v) is 11.6. The highest BCUT2D eigenvalue weighted by Crippen LogP contribution is 2.29. The largest absolute Gasteiger partial charge is 0.364 e. The van der Waals surface area contributed by atoms with E-state index in [0.717, 1.165) is 6.29 Å². The second-order valence-corrected chi connectivity index (χ2v) is 5.18. The summed E-state index contributed by atoms with van der Waals surface area (Å²) in [5, 5.41) is 0. The molecule has 0 amide bonds. The van der Waals surface area contributed by atoms with Gasteiger partial charge in [-0.2, -0.15) is 0 Å². The molecule has 1 aliphatic rings.